The Hall–Kier alpha value is -4.04. The maximum atomic E-state index is 13.6. The summed E-state index contributed by atoms with van der Waals surface area (Å²) in [4.78, 5) is 43.5. The third-order valence-corrected chi connectivity index (χ3v) is 6.90. The molecule has 4 aromatic rings. The summed E-state index contributed by atoms with van der Waals surface area (Å²) >= 11 is 1.07. The Morgan fingerprint density at radius 1 is 1.00 bits per heavy atom. The molecule has 2 heterocycles. The summed E-state index contributed by atoms with van der Waals surface area (Å²) in [6.45, 7) is 7.48. The molecular formula is C28H26N2O5S. The van der Waals surface area contributed by atoms with Crippen LogP contribution in [0.3, 0.4) is 0 Å². The van der Waals surface area contributed by atoms with Crippen LogP contribution in [0.1, 0.15) is 56.7 Å². The van der Waals surface area contributed by atoms with Gasteiger partial charge in [0.05, 0.1) is 40.4 Å². The number of nitrogens with zero attached hydrogens (tertiary/aromatic N) is 1. The molecule has 1 amide bonds. The highest BCUT2D eigenvalue weighted by molar-refractivity contribution is 7.18. The van der Waals surface area contributed by atoms with Crippen molar-refractivity contribution in [2.45, 2.75) is 27.7 Å². The fraction of sp³-hybridized carbons (Fsp3) is 0.214. The lowest BCUT2D eigenvalue weighted by molar-refractivity contribution is 0.0527. The second kappa shape index (κ2) is 10.7. The molecule has 8 heteroatoms. The predicted octanol–water partition coefficient (Wildman–Crippen LogP) is 6.30. The van der Waals surface area contributed by atoms with Gasteiger partial charge in [-0.05, 0) is 69.7 Å². The molecule has 0 unspecified atom stereocenters. The van der Waals surface area contributed by atoms with Crippen LogP contribution in [0.4, 0.5) is 5.00 Å². The molecule has 7 nitrogen and oxygen atoms in total. The van der Waals surface area contributed by atoms with Crippen molar-refractivity contribution in [1.29, 1.82) is 0 Å². The number of ether oxygens (including phenoxy) is 2. The molecule has 0 aliphatic heterocycles. The van der Waals surface area contributed by atoms with Crippen LogP contribution in [0, 0.1) is 6.92 Å². The summed E-state index contributed by atoms with van der Waals surface area (Å²) in [5, 5.41) is 3.81. The quantitative estimate of drug-likeness (QED) is 0.224. The maximum Gasteiger partial charge on any atom is 0.341 e. The Kier molecular flexibility index (Phi) is 7.45. The lowest BCUT2D eigenvalue weighted by Crippen LogP contribution is -2.15. The van der Waals surface area contributed by atoms with Crippen LogP contribution in [0.5, 0.6) is 5.75 Å². The SMILES string of the molecule is CCOC(=O)c1c(NC(=O)c2cc(-c3ccc(OCC)cc3)nc3ccccc23)sc(C(C)=O)c1C. The number of nitrogens with one attached hydrogen (secondary N) is 1. The third-order valence-electron chi connectivity index (χ3n) is 5.60. The van der Waals surface area contributed by atoms with Gasteiger partial charge in [-0.15, -0.1) is 11.3 Å². The maximum absolute atomic E-state index is 13.6. The minimum Gasteiger partial charge on any atom is -0.494 e. The second-order valence-corrected chi connectivity index (χ2v) is 9.04. The summed E-state index contributed by atoms with van der Waals surface area (Å²) in [6.07, 6.45) is 0. The van der Waals surface area contributed by atoms with Gasteiger partial charge in [-0.3, -0.25) is 9.59 Å². The third kappa shape index (κ3) is 4.99. The van der Waals surface area contributed by atoms with E-state index in [-0.39, 0.29) is 23.0 Å². The zero-order valence-corrected chi connectivity index (χ0v) is 21.3. The Bertz CT molecular complexity index is 1460. The van der Waals surface area contributed by atoms with Gasteiger partial charge in [0.2, 0.25) is 0 Å². The number of rotatable bonds is 8. The van der Waals surface area contributed by atoms with E-state index in [4.69, 9.17) is 14.5 Å². The van der Waals surface area contributed by atoms with Crippen molar-refractivity contribution in [1.82, 2.24) is 4.98 Å². The van der Waals surface area contributed by atoms with Crippen molar-refractivity contribution in [3.8, 4) is 17.0 Å². The Balaban J connectivity index is 1.78. The summed E-state index contributed by atoms with van der Waals surface area (Å²) in [7, 11) is 0. The number of thiophene rings is 1. The van der Waals surface area contributed by atoms with Crippen LogP contribution in [-0.2, 0) is 4.74 Å². The van der Waals surface area contributed by atoms with E-state index in [2.05, 4.69) is 5.32 Å². The molecule has 0 saturated carbocycles. The van der Waals surface area contributed by atoms with E-state index in [1.165, 1.54) is 6.92 Å². The summed E-state index contributed by atoms with van der Waals surface area (Å²) < 4.78 is 10.7. The summed E-state index contributed by atoms with van der Waals surface area (Å²) in [6, 6.07) is 16.6. The number of ketones is 1. The van der Waals surface area contributed by atoms with Gasteiger partial charge in [-0.2, -0.15) is 0 Å². The average Bonchev–Trinajstić information content (AvgIpc) is 3.20. The van der Waals surface area contributed by atoms with Crippen LogP contribution >= 0.6 is 11.3 Å². The molecule has 2 aromatic heterocycles. The van der Waals surface area contributed by atoms with Gasteiger partial charge in [0, 0.05) is 10.9 Å². The van der Waals surface area contributed by atoms with E-state index >= 15 is 0 Å². The number of Topliss-reactive ketones (excluding diaryl/α,β-unsaturated/α-hetero) is 1. The molecule has 0 aliphatic carbocycles. The first-order valence-corrected chi connectivity index (χ1v) is 12.4. The lowest BCUT2D eigenvalue weighted by atomic mass is 10.0. The number of carbonyl (C=O) groups is 3. The lowest BCUT2D eigenvalue weighted by Gasteiger charge is -2.11. The largest absolute Gasteiger partial charge is 0.494 e. The smallest absolute Gasteiger partial charge is 0.341 e. The van der Waals surface area contributed by atoms with Crippen molar-refractivity contribution >= 4 is 44.9 Å². The number of hydrogen-bond acceptors (Lipinski definition) is 7. The first kappa shape index (κ1) is 25.1. The van der Waals surface area contributed by atoms with Crippen LogP contribution < -0.4 is 10.1 Å². The molecule has 2 aromatic carbocycles. The number of carbonyl (C=O) groups excluding carboxylic acids is 3. The van der Waals surface area contributed by atoms with E-state index in [1.54, 1.807) is 19.9 Å². The number of aromatic nitrogens is 1. The molecule has 0 aliphatic rings. The van der Waals surface area contributed by atoms with Crippen molar-refractivity contribution in [3.05, 3.63) is 76.2 Å². The molecule has 0 radical (unpaired) electrons. The highest BCUT2D eigenvalue weighted by atomic mass is 32.1. The second-order valence-electron chi connectivity index (χ2n) is 8.02. The van der Waals surface area contributed by atoms with Crippen molar-refractivity contribution < 1.29 is 23.9 Å². The van der Waals surface area contributed by atoms with Crippen molar-refractivity contribution in [2.24, 2.45) is 0 Å². The van der Waals surface area contributed by atoms with E-state index in [1.807, 2.05) is 55.5 Å². The Morgan fingerprint density at radius 3 is 2.39 bits per heavy atom. The van der Waals surface area contributed by atoms with Crippen molar-refractivity contribution in [2.75, 3.05) is 18.5 Å². The minimum absolute atomic E-state index is 0.178. The van der Waals surface area contributed by atoms with E-state index in [0.29, 0.717) is 39.2 Å². The van der Waals surface area contributed by atoms with Crippen molar-refractivity contribution in [3.63, 3.8) is 0 Å². The number of fused-ring (bicyclic) bond motifs is 1. The fourth-order valence-electron chi connectivity index (χ4n) is 3.96. The van der Waals surface area contributed by atoms with Crippen LogP contribution in [0.15, 0.2) is 54.6 Å². The van der Waals surface area contributed by atoms with Gasteiger partial charge >= 0.3 is 5.97 Å². The summed E-state index contributed by atoms with van der Waals surface area (Å²) in [5.74, 6) is -0.428. The molecule has 0 fully saturated rings. The Labute approximate surface area is 213 Å². The first-order chi connectivity index (χ1) is 17.3. The number of para-hydroxylation sites is 1. The zero-order valence-electron chi connectivity index (χ0n) is 20.5. The minimum atomic E-state index is -0.580. The number of pyridine rings is 1. The first-order valence-electron chi connectivity index (χ1n) is 11.6. The number of amides is 1. The van der Waals surface area contributed by atoms with Gasteiger partial charge in [-0.1, -0.05) is 18.2 Å². The standard InChI is InChI=1S/C28H26N2O5S/c1-5-34-19-13-11-18(12-14-19)23-15-21(20-9-7-8-10-22(20)29-23)26(32)30-27-24(28(33)35-6-2)16(3)25(36-27)17(4)31/h7-15H,5-6H2,1-4H3,(H,30,32). The van der Waals surface area contributed by atoms with E-state index in [0.717, 1.165) is 22.6 Å². The van der Waals surface area contributed by atoms with Gasteiger partial charge in [0.15, 0.2) is 5.78 Å². The molecule has 184 valence electrons. The molecule has 4 rings (SSSR count). The fourth-order valence-corrected chi connectivity index (χ4v) is 5.04. The number of hydrogen-bond donors (Lipinski definition) is 1. The number of anilines is 1. The zero-order chi connectivity index (χ0) is 25.8. The number of esters is 1. The van der Waals surface area contributed by atoms with Crippen LogP contribution in [-0.4, -0.2) is 35.9 Å². The highest BCUT2D eigenvalue weighted by Gasteiger charge is 2.26. The highest BCUT2D eigenvalue weighted by Crippen LogP contribution is 2.35. The molecule has 0 spiro atoms. The molecular weight excluding hydrogens is 476 g/mol. The topological polar surface area (TPSA) is 94.6 Å². The molecule has 1 N–H and O–H groups in total. The van der Waals surface area contributed by atoms with E-state index in [9.17, 15) is 14.4 Å². The van der Waals surface area contributed by atoms with Gasteiger partial charge in [0.25, 0.3) is 5.91 Å². The average molecular weight is 503 g/mol. The molecule has 0 saturated heterocycles. The number of benzene rings is 2. The monoisotopic (exact) mass is 502 g/mol. The van der Waals surface area contributed by atoms with Crippen LogP contribution in [0.2, 0.25) is 0 Å². The van der Waals surface area contributed by atoms with E-state index < -0.39 is 11.9 Å². The van der Waals surface area contributed by atoms with Gasteiger partial charge in [0.1, 0.15) is 10.8 Å². The van der Waals surface area contributed by atoms with Crippen LogP contribution in [0.25, 0.3) is 22.2 Å². The predicted molar refractivity (Wildman–Crippen MR) is 141 cm³/mol. The molecule has 0 atom stereocenters. The Morgan fingerprint density at radius 2 is 1.72 bits per heavy atom. The normalized spacial score (nSPS) is 10.8. The van der Waals surface area contributed by atoms with Gasteiger partial charge < -0.3 is 14.8 Å². The summed E-state index contributed by atoms with van der Waals surface area (Å²) in [5.41, 5.74) is 3.21. The molecule has 0 bridgehead atoms. The van der Waals surface area contributed by atoms with Gasteiger partial charge in [-0.25, -0.2) is 9.78 Å². The molecule has 36 heavy (non-hydrogen) atoms.